The highest BCUT2D eigenvalue weighted by Crippen LogP contribution is 2.23. The molecule has 206 valence electrons. The third kappa shape index (κ3) is 15.9. The molecule has 0 aliphatic rings. The van der Waals surface area contributed by atoms with Gasteiger partial charge in [-0.3, -0.25) is 0 Å². The van der Waals surface area contributed by atoms with E-state index in [0.29, 0.717) is 10.8 Å². The van der Waals surface area contributed by atoms with Gasteiger partial charge in [0, 0.05) is 18.8 Å². The van der Waals surface area contributed by atoms with Gasteiger partial charge in [0.1, 0.15) is 0 Å². The van der Waals surface area contributed by atoms with E-state index >= 15 is 0 Å². The Morgan fingerprint density at radius 1 is 0.472 bits per heavy atom. The van der Waals surface area contributed by atoms with Crippen LogP contribution in [0.2, 0.25) is 0 Å². The summed E-state index contributed by atoms with van der Waals surface area (Å²) in [5.41, 5.74) is 1.55. The van der Waals surface area contributed by atoms with Crippen molar-refractivity contribution in [1.29, 1.82) is 0 Å². The summed E-state index contributed by atoms with van der Waals surface area (Å²) in [6.45, 7) is 6.64. The van der Waals surface area contributed by atoms with E-state index in [1.54, 1.807) is 12.1 Å². The van der Waals surface area contributed by atoms with Crippen LogP contribution in [0.4, 0.5) is 11.4 Å². The molecule has 0 saturated heterocycles. The summed E-state index contributed by atoms with van der Waals surface area (Å²) in [6.07, 6.45) is 26.8. The molecule has 1 rings (SSSR count). The minimum Gasteiger partial charge on any atom is -0.372 e. The molecular formula is C30H54N4O2. The molecule has 0 bridgehead atoms. The van der Waals surface area contributed by atoms with Crippen molar-refractivity contribution in [3.63, 3.8) is 0 Å². The molecule has 36 heavy (non-hydrogen) atoms. The van der Waals surface area contributed by atoms with Crippen molar-refractivity contribution >= 4 is 11.4 Å². The summed E-state index contributed by atoms with van der Waals surface area (Å²) >= 11 is 0. The lowest BCUT2D eigenvalue weighted by Gasteiger charge is -2.25. The number of rotatable bonds is 26. The van der Waals surface area contributed by atoms with Gasteiger partial charge in [-0.2, -0.15) is 0 Å². The number of nitroso groups, excluding NO2 is 2. The normalized spacial score (nSPS) is 10.9. The first kappa shape index (κ1) is 32.0. The molecule has 0 heterocycles. The van der Waals surface area contributed by atoms with Gasteiger partial charge in [-0.05, 0) is 37.1 Å². The Balaban J connectivity index is 2.38. The number of benzene rings is 1. The van der Waals surface area contributed by atoms with Crippen LogP contribution in [-0.2, 0) is 0 Å². The van der Waals surface area contributed by atoms with E-state index in [4.69, 9.17) is 0 Å². The lowest BCUT2D eigenvalue weighted by atomic mass is 10.1. The highest BCUT2D eigenvalue weighted by molar-refractivity contribution is 5.55. The predicted molar refractivity (Wildman–Crippen MR) is 156 cm³/mol. The van der Waals surface area contributed by atoms with Crippen molar-refractivity contribution < 1.29 is 0 Å². The van der Waals surface area contributed by atoms with Crippen LogP contribution in [0.3, 0.4) is 0 Å². The first-order chi connectivity index (χ1) is 17.8. The van der Waals surface area contributed by atoms with Crippen molar-refractivity contribution in [2.45, 2.75) is 142 Å². The highest BCUT2D eigenvalue weighted by Gasteiger charge is 2.10. The van der Waals surface area contributed by atoms with Gasteiger partial charge in [-0.15, -0.1) is 9.81 Å². The fourth-order valence-corrected chi connectivity index (χ4v) is 4.86. The van der Waals surface area contributed by atoms with E-state index in [1.165, 1.54) is 128 Å². The quantitative estimate of drug-likeness (QED) is 0.0717. The monoisotopic (exact) mass is 502 g/mol. The topological polar surface area (TPSA) is 65.3 Å². The Bertz CT molecular complexity index is 606. The molecule has 0 N–H and O–H groups in total. The van der Waals surface area contributed by atoms with Crippen LogP contribution in [0.25, 0.3) is 0 Å². The molecule has 1 aromatic carbocycles. The third-order valence-electron chi connectivity index (χ3n) is 7.16. The minimum atomic E-state index is 0.404. The fourth-order valence-electron chi connectivity index (χ4n) is 4.86. The smallest absolute Gasteiger partial charge is 0.0924 e. The predicted octanol–water partition coefficient (Wildman–Crippen LogP) is 10.5. The molecule has 0 aliphatic heterocycles. The summed E-state index contributed by atoms with van der Waals surface area (Å²) in [5, 5.41) is 5.89. The Hall–Kier alpha value is -1.98. The Morgan fingerprint density at radius 2 is 0.778 bits per heavy atom. The van der Waals surface area contributed by atoms with Crippen molar-refractivity contribution in [1.82, 2.24) is 0 Å². The molecular weight excluding hydrogens is 448 g/mol. The maximum Gasteiger partial charge on any atom is 0.0924 e. The van der Waals surface area contributed by atoms with Crippen molar-refractivity contribution in [2.75, 3.05) is 23.1 Å². The molecule has 0 fully saturated rings. The zero-order chi connectivity index (χ0) is 26.1. The van der Waals surface area contributed by atoms with Gasteiger partial charge in [-0.25, -0.2) is 0 Å². The van der Waals surface area contributed by atoms with Gasteiger partial charge in [0.2, 0.25) is 0 Å². The minimum absolute atomic E-state index is 0.404. The van der Waals surface area contributed by atoms with E-state index in [-0.39, 0.29) is 0 Å². The summed E-state index contributed by atoms with van der Waals surface area (Å²) in [5.74, 6) is 0. The molecule has 0 amide bonds. The molecule has 0 saturated carbocycles. The van der Waals surface area contributed by atoms with Crippen LogP contribution < -0.4 is 10.0 Å². The third-order valence-corrected chi connectivity index (χ3v) is 7.16. The van der Waals surface area contributed by atoms with E-state index in [9.17, 15) is 9.81 Å². The second-order valence-corrected chi connectivity index (χ2v) is 10.3. The molecule has 0 spiro atoms. The largest absolute Gasteiger partial charge is 0.372 e. The Morgan fingerprint density at radius 3 is 1.11 bits per heavy atom. The number of hydrogen-bond donors (Lipinski definition) is 0. The lowest BCUT2D eigenvalue weighted by Crippen LogP contribution is -2.25. The van der Waals surface area contributed by atoms with Crippen molar-refractivity contribution in [2.24, 2.45) is 10.6 Å². The zero-order valence-corrected chi connectivity index (χ0v) is 23.5. The molecule has 0 unspecified atom stereocenters. The van der Waals surface area contributed by atoms with Crippen LogP contribution in [-0.4, -0.2) is 13.1 Å². The lowest BCUT2D eigenvalue weighted by molar-refractivity contribution is 0.543. The maximum atomic E-state index is 10.8. The van der Waals surface area contributed by atoms with Crippen molar-refractivity contribution in [3.05, 3.63) is 34.1 Å². The highest BCUT2D eigenvalue weighted by atomic mass is 16.4. The van der Waals surface area contributed by atoms with Crippen LogP contribution in [0.15, 0.2) is 34.8 Å². The Labute approximate surface area is 221 Å². The number of unbranched alkanes of at least 4 members (excludes halogenated alkanes) is 18. The SMILES string of the molecule is CCCCCCCCCCCCN(CCCCCCCCCCCC)c1ccc(N(N=O)N=O)cc1. The van der Waals surface area contributed by atoms with Crippen LogP contribution in [0, 0.1) is 9.81 Å². The second-order valence-electron chi connectivity index (χ2n) is 10.3. The summed E-state index contributed by atoms with van der Waals surface area (Å²) in [7, 11) is 0. The first-order valence-electron chi connectivity index (χ1n) is 15.1. The average molecular weight is 503 g/mol. The van der Waals surface area contributed by atoms with E-state index in [1.807, 2.05) is 12.1 Å². The maximum absolute atomic E-state index is 10.8. The van der Waals surface area contributed by atoms with E-state index in [2.05, 4.69) is 29.3 Å². The zero-order valence-electron chi connectivity index (χ0n) is 23.5. The first-order valence-corrected chi connectivity index (χ1v) is 15.1. The van der Waals surface area contributed by atoms with Gasteiger partial charge < -0.3 is 4.90 Å². The van der Waals surface area contributed by atoms with Crippen molar-refractivity contribution in [3.8, 4) is 0 Å². The van der Waals surface area contributed by atoms with Gasteiger partial charge in [-0.1, -0.05) is 135 Å². The number of hydrogen-bond acceptors (Lipinski definition) is 5. The number of anilines is 2. The van der Waals surface area contributed by atoms with Gasteiger partial charge >= 0.3 is 0 Å². The van der Waals surface area contributed by atoms with Crippen LogP contribution in [0.1, 0.15) is 142 Å². The van der Waals surface area contributed by atoms with E-state index < -0.39 is 0 Å². The van der Waals surface area contributed by atoms with Crippen LogP contribution in [0.5, 0.6) is 0 Å². The standard InChI is InChI=1S/C30H54N4O2/c1-3-5-7-9-11-13-15-17-19-21-27-33(28-22-20-18-16-14-12-10-8-6-4-2)29-23-25-30(26-24-29)34(31-35)32-36/h23-26H,3-22,27-28H2,1-2H3. The summed E-state index contributed by atoms with van der Waals surface area (Å²) in [6, 6.07) is 7.46. The summed E-state index contributed by atoms with van der Waals surface area (Å²) < 4.78 is 0. The van der Waals surface area contributed by atoms with E-state index in [0.717, 1.165) is 18.8 Å². The average Bonchev–Trinajstić information content (AvgIpc) is 2.90. The Kier molecular flexibility index (Phi) is 20.9. The molecule has 0 atom stereocenters. The van der Waals surface area contributed by atoms with Crippen LogP contribution >= 0.6 is 0 Å². The molecule has 6 nitrogen and oxygen atoms in total. The second kappa shape index (κ2) is 23.4. The van der Waals surface area contributed by atoms with Gasteiger partial charge in [0.05, 0.1) is 16.3 Å². The fraction of sp³-hybridized carbons (Fsp3) is 0.800. The number of nitrogens with zero attached hydrogens (tertiary/aromatic N) is 4. The van der Waals surface area contributed by atoms with Gasteiger partial charge in [0.25, 0.3) is 0 Å². The molecule has 0 radical (unpaired) electrons. The summed E-state index contributed by atoms with van der Waals surface area (Å²) in [4.78, 5) is 24.0. The molecule has 0 aliphatic carbocycles. The van der Waals surface area contributed by atoms with Gasteiger partial charge in [0.15, 0.2) is 0 Å². The molecule has 0 aromatic heterocycles. The molecule has 1 aromatic rings. The molecule has 6 heteroatoms.